The third kappa shape index (κ3) is 3.45. The topological polar surface area (TPSA) is 33.3 Å². The number of hydrogen-bond donors (Lipinski definition) is 2. The predicted molar refractivity (Wildman–Crippen MR) is 69.9 cm³/mol. The second-order valence-corrected chi connectivity index (χ2v) is 4.83. The summed E-state index contributed by atoms with van der Waals surface area (Å²) in [5.74, 6) is 1.67. The van der Waals surface area contributed by atoms with Crippen LogP contribution in [-0.2, 0) is 0 Å². The van der Waals surface area contributed by atoms with Crippen molar-refractivity contribution >= 4 is 0 Å². The average Bonchev–Trinajstić information content (AvgIpc) is 2.67. The lowest BCUT2D eigenvalue weighted by Crippen LogP contribution is -2.30. The van der Waals surface area contributed by atoms with Crippen LogP contribution in [0.5, 0.6) is 5.75 Å². The minimum atomic E-state index is 0.557. The lowest BCUT2D eigenvalue weighted by Gasteiger charge is -2.17. The zero-order valence-electron chi connectivity index (χ0n) is 10.6. The molecule has 0 radical (unpaired) electrons. The molecular formula is C14H22N2O. The number of para-hydroxylation sites is 1. The van der Waals surface area contributed by atoms with Gasteiger partial charge in [0.25, 0.3) is 0 Å². The highest BCUT2D eigenvalue weighted by Crippen LogP contribution is 2.20. The first-order valence-electron chi connectivity index (χ1n) is 6.46. The van der Waals surface area contributed by atoms with Crippen molar-refractivity contribution in [2.75, 3.05) is 6.61 Å². The summed E-state index contributed by atoms with van der Waals surface area (Å²) >= 11 is 0. The zero-order valence-corrected chi connectivity index (χ0v) is 10.6. The van der Waals surface area contributed by atoms with Crippen LogP contribution in [0.4, 0.5) is 0 Å². The smallest absolute Gasteiger partial charge is 0.119 e. The van der Waals surface area contributed by atoms with E-state index < -0.39 is 0 Å². The molecule has 1 heterocycles. The highest BCUT2D eigenvalue weighted by atomic mass is 16.5. The van der Waals surface area contributed by atoms with Crippen molar-refractivity contribution in [3.63, 3.8) is 0 Å². The van der Waals surface area contributed by atoms with Gasteiger partial charge in [0.05, 0.1) is 6.61 Å². The fraction of sp³-hybridized carbons (Fsp3) is 0.571. The van der Waals surface area contributed by atoms with E-state index in [-0.39, 0.29) is 0 Å². The lowest BCUT2D eigenvalue weighted by atomic mass is 9.92. The second kappa shape index (κ2) is 6.03. The SMILES string of the molecule is CC1NNC(C)C1CCCOc1ccccc1. The zero-order chi connectivity index (χ0) is 12.1. The molecule has 2 rings (SSSR count). The van der Waals surface area contributed by atoms with Crippen LogP contribution in [0.3, 0.4) is 0 Å². The summed E-state index contributed by atoms with van der Waals surface area (Å²) in [4.78, 5) is 0. The monoisotopic (exact) mass is 234 g/mol. The molecule has 0 bridgehead atoms. The number of nitrogens with one attached hydrogen (secondary N) is 2. The molecule has 3 heteroatoms. The molecule has 3 nitrogen and oxygen atoms in total. The number of hydrogen-bond acceptors (Lipinski definition) is 3. The quantitative estimate of drug-likeness (QED) is 0.767. The standard InChI is InChI=1S/C14H22N2O/c1-11-14(12(2)16-15-11)9-6-10-17-13-7-4-3-5-8-13/h3-5,7-8,11-12,14-16H,6,9-10H2,1-2H3. The van der Waals surface area contributed by atoms with Gasteiger partial charge in [0.2, 0.25) is 0 Å². The fourth-order valence-corrected chi connectivity index (χ4v) is 2.44. The Hall–Kier alpha value is -1.06. The van der Waals surface area contributed by atoms with Gasteiger partial charge in [0, 0.05) is 12.1 Å². The third-order valence-corrected chi connectivity index (χ3v) is 3.52. The molecule has 1 aliphatic rings. The minimum Gasteiger partial charge on any atom is -0.494 e. The van der Waals surface area contributed by atoms with Gasteiger partial charge in [-0.3, -0.25) is 10.9 Å². The van der Waals surface area contributed by atoms with E-state index in [1.165, 1.54) is 6.42 Å². The molecule has 2 atom stereocenters. The predicted octanol–water partition coefficient (Wildman–Crippen LogP) is 2.35. The van der Waals surface area contributed by atoms with E-state index in [4.69, 9.17) is 4.74 Å². The van der Waals surface area contributed by atoms with E-state index in [9.17, 15) is 0 Å². The number of benzene rings is 1. The molecule has 0 aliphatic carbocycles. The van der Waals surface area contributed by atoms with Gasteiger partial charge in [0.1, 0.15) is 5.75 Å². The Morgan fingerprint density at radius 2 is 1.71 bits per heavy atom. The maximum absolute atomic E-state index is 5.70. The minimum absolute atomic E-state index is 0.557. The van der Waals surface area contributed by atoms with E-state index in [0.717, 1.165) is 18.8 Å². The molecule has 0 amide bonds. The maximum atomic E-state index is 5.70. The average molecular weight is 234 g/mol. The third-order valence-electron chi connectivity index (χ3n) is 3.52. The summed E-state index contributed by atoms with van der Waals surface area (Å²) < 4.78 is 5.70. The van der Waals surface area contributed by atoms with Gasteiger partial charge in [-0.25, -0.2) is 0 Å². The Labute approximate surface area is 104 Å². The van der Waals surface area contributed by atoms with Crippen LogP contribution in [0.15, 0.2) is 30.3 Å². The van der Waals surface area contributed by atoms with E-state index in [0.29, 0.717) is 18.0 Å². The molecule has 1 aromatic carbocycles. The van der Waals surface area contributed by atoms with Crippen molar-refractivity contribution in [3.8, 4) is 5.75 Å². The summed E-state index contributed by atoms with van der Waals surface area (Å²) in [6.45, 7) is 5.28. The molecule has 1 saturated heterocycles. The summed E-state index contributed by atoms with van der Waals surface area (Å²) in [6, 6.07) is 11.1. The van der Waals surface area contributed by atoms with Gasteiger partial charge in [-0.2, -0.15) is 0 Å². The van der Waals surface area contributed by atoms with Crippen LogP contribution >= 0.6 is 0 Å². The second-order valence-electron chi connectivity index (χ2n) is 4.83. The van der Waals surface area contributed by atoms with Crippen LogP contribution < -0.4 is 15.6 Å². The van der Waals surface area contributed by atoms with Crippen molar-refractivity contribution in [1.82, 2.24) is 10.9 Å². The normalized spacial score (nSPS) is 28.2. The number of hydrazine groups is 1. The van der Waals surface area contributed by atoms with Gasteiger partial charge in [0.15, 0.2) is 0 Å². The van der Waals surface area contributed by atoms with Crippen molar-refractivity contribution < 1.29 is 4.74 Å². The lowest BCUT2D eigenvalue weighted by molar-refractivity contribution is 0.283. The van der Waals surface area contributed by atoms with E-state index >= 15 is 0 Å². The van der Waals surface area contributed by atoms with Crippen LogP contribution in [0, 0.1) is 5.92 Å². The Balaban J connectivity index is 1.66. The van der Waals surface area contributed by atoms with Gasteiger partial charge >= 0.3 is 0 Å². The van der Waals surface area contributed by atoms with Crippen LogP contribution in [0.1, 0.15) is 26.7 Å². The highest BCUT2D eigenvalue weighted by molar-refractivity contribution is 5.20. The summed E-state index contributed by atoms with van der Waals surface area (Å²) in [5, 5.41) is 0. The van der Waals surface area contributed by atoms with Gasteiger partial charge in [-0.1, -0.05) is 18.2 Å². The Bertz CT molecular complexity index is 318. The Morgan fingerprint density at radius 3 is 2.35 bits per heavy atom. The van der Waals surface area contributed by atoms with Gasteiger partial charge in [-0.15, -0.1) is 0 Å². The molecule has 1 aliphatic heterocycles. The van der Waals surface area contributed by atoms with Crippen LogP contribution in [0.25, 0.3) is 0 Å². The Kier molecular flexibility index (Phi) is 4.40. The summed E-state index contributed by atoms with van der Waals surface area (Å²) in [5.41, 5.74) is 6.57. The number of ether oxygens (including phenoxy) is 1. The first-order chi connectivity index (χ1) is 8.27. The van der Waals surface area contributed by atoms with Gasteiger partial charge < -0.3 is 4.74 Å². The summed E-state index contributed by atoms with van der Waals surface area (Å²) in [7, 11) is 0. The molecule has 2 N–H and O–H groups in total. The fourth-order valence-electron chi connectivity index (χ4n) is 2.44. The molecule has 2 unspecified atom stereocenters. The first-order valence-corrected chi connectivity index (χ1v) is 6.46. The van der Waals surface area contributed by atoms with Crippen LogP contribution in [0.2, 0.25) is 0 Å². The van der Waals surface area contributed by atoms with Crippen molar-refractivity contribution in [2.45, 2.75) is 38.8 Å². The van der Waals surface area contributed by atoms with Crippen molar-refractivity contribution in [2.24, 2.45) is 5.92 Å². The largest absolute Gasteiger partial charge is 0.494 e. The first kappa shape index (κ1) is 12.4. The van der Waals surface area contributed by atoms with E-state index in [1.54, 1.807) is 0 Å². The summed E-state index contributed by atoms with van der Waals surface area (Å²) in [6.07, 6.45) is 2.31. The van der Waals surface area contributed by atoms with Crippen molar-refractivity contribution in [1.29, 1.82) is 0 Å². The maximum Gasteiger partial charge on any atom is 0.119 e. The molecule has 0 aromatic heterocycles. The molecule has 17 heavy (non-hydrogen) atoms. The molecule has 1 aromatic rings. The molecule has 94 valence electrons. The number of rotatable bonds is 5. The van der Waals surface area contributed by atoms with E-state index in [2.05, 4.69) is 24.7 Å². The highest BCUT2D eigenvalue weighted by Gasteiger charge is 2.28. The molecule has 0 saturated carbocycles. The molecule has 0 spiro atoms. The van der Waals surface area contributed by atoms with Crippen molar-refractivity contribution in [3.05, 3.63) is 30.3 Å². The molecular weight excluding hydrogens is 212 g/mol. The molecule has 1 fully saturated rings. The van der Waals surface area contributed by atoms with Gasteiger partial charge in [-0.05, 0) is 44.7 Å². The Morgan fingerprint density at radius 1 is 1.06 bits per heavy atom. The van der Waals surface area contributed by atoms with E-state index in [1.807, 2.05) is 30.3 Å². The van der Waals surface area contributed by atoms with Crippen LogP contribution in [-0.4, -0.2) is 18.7 Å².